The number of rotatable bonds is 3. The van der Waals surface area contributed by atoms with Gasteiger partial charge in [-0.1, -0.05) is 24.6 Å². The van der Waals surface area contributed by atoms with Crippen LogP contribution in [0.2, 0.25) is 0 Å². The molecule has 0 unspecified atom stereocenters. The van der Waals surface area contributed by atoms with Crippen molar-refractivity contribution < 1.29 is 9.18 Å². The van der Waals surface area contributed by atoms with Crippen LogP contribution in [-0.4, -0.2) is 27.9 Å². The van der Waals surface area contributed by atoms with Gasteiger partial charge in [0.25, 0.3) is 0 Å². The second-order valence-electron chi connectivity index (χ2n) is 7.73. The second-order valence-corrected chi connectivity index (χ2v) is 7.73. The Bertz CT molecular complexity index is 807. The zero-order chi connectivity index (χ0) is 18.8. The van der Waals surface area contributed by atoms with Crippen molar-refractivity contribution in [2.24, 2.45) is 0 Å². The Kier molecular flexibility index (Phi) is 5.21. The third-order valence-corrected chi connectivity index (χ3v) is 5.81. The smallest absolute Gasteiger partial charge is 0.220 e. The van der Waals surface area contributed by atoms with Crippen molar-refractivity contribution in [3.63, 3.8) is 0 Å². The topological polar surface area (TPSA) is 45.2 Å². The van der Waals surface area contributed by atoms with E-state index < -0.39 is 0 Å². The molecule has 3 heterocycles. The molecule has 1 amide bonds. The molecule has 142 valence electrons. The Labute approximate surface area is 159 Å². The molecule has 0 aliphatic carbocycles. The highest BCUT2D eigenvalue weighted by Gasteiger charge is 2.42. The predicted molar refractivity (Wildman–Crippen MR) is 102 cm³/mol. The van der Waals surface area contributed by atoms with E-state index in [-0.39, 0.29) is 29.8 Å². The fourth-order valence-electron chi connectivity index (χ4n) is 4.55. The Balaban J connectivity index is 1.66. The van der Waals surface area contributed by atoms with Gasteiger partial charge in [-0.05, 0) is 56.0 Å². The molecule has 5 heteroatoms. The van der Waals surface area contributed by atoms with Crippen molar-refractivity contribution in [1.29, 1.82) is 0 Å². The van der Waals surface area contributed by atoms with E-state index in [1.807, 2.05) is 31.2 Å². The third-order valence-electron chi connectivity index (χ3n) is 5.81. The molecule has 1 aromatic heterocycles. The van der Waals surface area contributed by atoms with Crippen molar-refractivity contribution in [3.05, 3.63) is 65.2 Å². The maximum absolute atomic E-state index is 13.4. The number of hydrogen-bond acceptors (Lipinski definition) is 3. The third kappa shape index (κ3) is 4.03. The number of benzene rings is 1. The predicted octanol–water partition coefficient (Wildman–Crippen LogP) is 3.90. The summed E-state index contributed by atoms with van der Waals surface area (Å²) in [7, 11) is 0. The molecule has 4 nitrogen and oxygen atoms in total. The van der Waals surface area contributed by atoms with E-state index in [4.69, 9.17) is 0 Å². The van der Waals surface area contributed by atoms with Gasteiger partial charge < -0.3 is 5.32 Å². The van der Waals surface area contributed by atoms with Crippen molar-refractivity contribution in [1.82, 2.24) is 15.2 Å². The van der Waals surface area contributed by atoms with Crippen LogP contribution >= 0.6 is 0 Å². The van der Waals surface area contributed by atoms with E-state index in [0.29, 0.717) is 6.42 Å². The first-order valence-electron chi connectivity index (χ1n) is 9.83. The molecule has 1 aromatic carbocycles. The number of fused-ring (bicyclic) bond motifs is 1. The summed E-state index contributed by atoms with van der Waals surface area (Å²) in [5, 5.41) is 3.24. The minimum atomic E-state index is -0.219. The van der Waals surface area contributed by atoms with Crippen LogP contribution in [0, 0.1) is 12.7 Å². The van der Waals surface area contributed by atoms with Crippen LogP contribution < -0.4 is 5.32 Å². The van der Waals surface area contributed by atoms with E-state index >= 15 is 0 Å². The molecule has 3 atom stereocenters. The molecule has 0 spiro atoms. The van der Waals surface area contributed by atoms with E-state index in [1.54, 1.807) is 0 Å². The van der Waals surface area contributed by atoms with Gasteiger partial charge in [-0.3, -0.25) is 14.7 Å². The molecule has 0 saturated carbocycles. The molecule has 2 saturated heterocycles. The van der Waals surface area contributed by atoms with Gasteiger partial charge in [0.05, 0.1) is 5.69 Å². The molecule has 0 bridgehead atoms. The van der Waals surface area contributed by atoms with Gasteiger partial charge in [-0.2, -0.15) is 0 Å². The average Bonchev–Trinajstić information content (AvgIpc) is 2.94. The van der Waals surface area contributed by atoms with Crippen LogP contribution in [0.1, 0.15) is 55.1 Å². The van der Waals surface area contributed by atoms with Gasteiger partial charge in [0.15, 0.2) is 0 Å². The zero-order valence-corrected chi connectivity index (χ0v) is 15.7. The summed E-state index contributed by atoms with van der Waals surface area (Å²) in [6, 6.07) is 13.5. The fourth-order valence-corrected chi connectivity index (χ4v) is 4.55. The summed E-state index contributed by atoms with van der Waals surface area (Å²) in [6.07, 6.45) is 4.53. The van der Waals surface area contributed by atoms with Crippen molar-refractivity contribution in [2.45, 2.75) is 63.7 Å². The van der Waals surface area contributed by atoms with Gasteiger partial charge in [-0.25, -0.2) is 4.39 Å². The van der Waals surface area contributed by atoms with Gasteiger partial charge in [0.1, 0.15) is 5.82 Å². The van der Waals surface area contributed by atoms with Crippen LogP contribution in [0.5, 0.6) is 0 Å². The van der Waals surface area contributed by atoms with Crippen LogP contribution in [0.25, 0.3) is 0 Å². The van der Waals surface area contributed by atoms with Crippen LogP contribution in [0.15, 0.2) is 42.5 Å². The molecular formula is C22H26FN3O. The summed E-state index contributed by atoms with van der Waals surface area (Å²) in [4.78, 5) is 19.3. The highest BCUT2D eigenvalue weighted by Crippen LogP contribution is 2.40. The highest BCUT2D eigenvalue weighted by molar-refractivity contribution is 5.76. The number of carbonyl (C=O) groups is 1. The lowest BCUT2D eigenvalue weighted by molar-refractivity contribution is -0.122. The monoisotopic (exact) mass is 367 g/mol. The molecule has 2 fully saturated rings. The number of amides is 1. The highest BCUT2D eigenvalue weighted by atomic mass is 19.1. The Hall–Kier alpha value is -2.27. The molecule has 4 rings (SSSR count). The summed E-state index contributed by atoms with van der Waals surface area (Å²) < 4.78 is 13.4. The van der Waals surface area contributed by atoms with Crippen molar-refractivity contribution in [2.75, 3.05) is 0 Å². The first-order valence-corrected chi connectivity index (χ1v) is 9.83. The van der Waals surface area contributed by atoms with Gasteiger partial charge in [-0.15, -0.1) is 0 Å². The fraction of sp³-hybridized carbons (Fsp3) is 0.455. The summed E-state index contributed by atoms with van der Waals surface area (Å²) >= 11 is 0. The standard InChI is InChI=1S/C22H26FN3O/c1-15-5-4-6-18(24-15)14-26-20-7-2-3-8-22(27)25-19(20)13-21(26)16-9-11-17(23)12-10-16/h4-6,9-12,19-21H,2-3,7-8,13-14H2,1H3,(H,25,27)/t19-,20+,21+/m1/s1. The first-order chi connectivity index (χ1) is 13.1. The number of aryl methyl sites for hydroxylation is 1. The van der Waals surface area contributed by atoms with E-state index in [0.717, 1.165) is 49.2 Å². The first kappa shape index (κ1) is 18.1. The van der Waals surface area contributed by atoms with Crippen molar-refractivity contribution >= 4 is 5.91 Å². The number of pyridine rings is 1. The normalized spacial score (nSPS) is 26.1. The maximum Gasteiger partial charge on any atom is 0.220 e. The van der Waals surface area contributed by atoms with Crippen LogP contribution in [0.4, 0.5) is 4.39 Å². The zero-order valence-electron chi connectivity index (χ0n) is 15.7. The summed E-state index contributed by atoms with van der Waals surface area (Å²) in [6.45, 7) is 2.74. The van der Waals surface area contributed by atoms with E-state index in [9.17, 15) is 9.18 Å². The Morgan fingerprint density at radius 3 is 2.78 bits per heavy atom. The number of likely N-dealkylation sites (tertiary alicyclic amines) is 1. The number of hydrogen-bond donors (Lipinski definition) is 1. The number of halogens is 1. The number of carbonyl (C=O) groups excluding carboxylic acids is 1. The minimum Gasteiger partial charge on any atom is -0.352 e. The molecule has 27 heavy (non-hydrogen) atoms. The Morgan fingerprint density at radius 2 is 2.00 bits per heavy atom. The second kappa shape index (κ2) is 7.77. The quantitative estimate of drug-likeness (QED) is 0.895. The molecule has 2 aliphatic rings. The van der Waals surface area contributed by atoms with Gasteiger partial charge >= 0.3 is 0 Å². The Morgan fingerprint density at radius 1 is 1.19 bits per heavy atom. The minimum absolute atomic E-state index is 0.137. The molecule has 2 aliphatic heterocycles. The lowest BCUT2D eigenvalue weighted by atomic mass is 9.97. The van der Waals surface area contributed by atoms with E-state index in [2.05, 4.69) is 21.3 Å². The molecule has 2 aromatic rings. The van der Waals surface area contributed by atoms with Crippen LogP contribution in [-0.2, 0) is 11.3 Å². The molecule has 1 N–H and O–H groups in total. The molecule has 0 radical (unpaired) electrons. The van der Waals surface area contributed by atoms with E-state index in [1.165, 1.54) is 12.1 Å². The largest absolute Gasteiger partial charge is 0.352 e. The summed E-state index contributed by atoms with van der Waals surface area (Å²) in [5.41, 5.74) is 3.15. The number of aromatic nitrogens is 1. The van der Waals surface area contributed by atoms with Gasteiger partial charge in [0.2, 0.25) is 5.91 Å². The SMILES string of the molecule is Cc1cccc(CN2[C@H](c3ccc(F)cc3)C[C@H]3NC(=O)CCCC[C@@H]32)n1. The maximum atomic E-state index is 13.4. The lowest BCUT2D eigenvalue weighted by Gasteiger charge is -2.32. The average molecular weight is 367 g/mol. The van der Waals surface area contributed by atoms with Crippen molar-refractivity contribution in [3.8, 4) is 0 Å². The van der Waals surface area contributed by atoms with Gasteiger partial charge in [0, 0.05) is 36.8 Å². The number of nitrogens with zero attached hydrogens (tertiary/aromatic N) is 2. The number of nitrogens with one attached hydrogen (secondary N) is 1. The lowest BCUT2D eigenvalue weighted by Crippen LogP contribution is -2.46. The summed E-state index contributed by atoms with van der Waals surface area (Å²) in [5.74, 6) is -0.0685. The molecular weight excluding hydrogens is 341 g/mol. The van der Waals surface area contributed by atoms with Crippen LogP contribution in [0.3, 0.4) is 0 Å².